The Bertz CT molecular complexity index is 735. The van der Waals surface area contributed by atoms with E-state index in [9.17, 15) is 4.79 Å². The van der Waals surface area contributed by atoms with Crippen LogP contribution in [-0.2, 0) is 9.53 Å². The predicted octanol–water partition coefficient (Wildman–Crippen LogP) is 3.42. The Hall–Kier alpha value is -2.31. The first-order valence-corrected chi connectivity index (χ1v) is 10.9. The number of carbonyl (C=O) groups is 1. The number of benzene rings is 1. The first-order chi connectivity index (χ1) is 14.7. The fourth-order valence-corrected chi connectivity index (χ4v) is 4.26. The molecule has 2 heterocycles. The van der Waals surface area contributed by atoms with Crippen molar-refractivity contribution in [2.24, 2.45) is 0 Å². The van der Waals surface area contributed by atoms with Gasteiger partial charge >= 0.3 is 0 Å². The van der Waals surface area contributed by atoms with E-state index in [1.807, 2.05) is 18.2 Å². The first-order valence-electron chi connectivity index (χ1n) is 10.9. The van der Waals surface area contributed by atoms with Crippen LogP contribution < -0.4 is 14.8 Å². The van der Waals surface area contributed by atoms with Crippen LogP contribution >= 0.6 is 0 Å². The number of rotatable bonds is 9. The molecule has 0 spiro atoms. The second kappa shape index (κ2) is 11.2. The number of hydrogen-bond acceptors (Lipinski definition) is 5. The van der Waals surface area contributed by atoms with Crippen molar-refractivity contribution in [3.05, 3.63) is 42.5 Å². The number of piperidine rings is 1. The molecule has 0 radical (unpaired) electrons. The van der Waals surface area contributed by atoms with Gasteiger partial charge in [-0.25, -0.2) is 0 Å². The van der Waals surface area contributed by atoms with Crippen LogP contribution in [0.5, 0.6) is 11.5 Å². The zero-order valence-corrected chi connectivity index (χ0v) is 18.0. The van der Waals surface area contributed by atoms with Gasteiger partial charge in [-0.2, -0.15) is 0 Å². The fourth-order valence-electron chi connectivity index (χ4n) is 4.26. The van der Waals surface area contributed by atoms with Gasteiger partial charge in [0.05, 0.1) is 7.11 Å². The lowest BCUT2D eigenvalue weighted by Gasteiger charge is -2.48. The highest BCUT2D eigenvalue weighted by Gasteiger charge is 2.38. The Labute approximate surface area is 179 Å². The van der Waals surface area contributed by atoms with Gasteiger partial charge in [-0.1, -0.05) is 25.1 Å². The summed E-state index contributed by atoms with van der Waals surface area (Å²) in [6.07, 6.45) is 10.8. The van der Waals surface area contributed by atoms with Crippen LogP contribution in [0.15, 0.2) is 36.9 Å². The number of ether oxygens (including phenoxy) is 3. The van der Waals surface area contributed by atoms with Crippen LogP contribution in [0, 0.1) is 0 Å². The van der Waals surface area contributed by atoms with E-state index >= 15 is 0 Å². The number of methoxy groups -OCH3 is 1. The molecule has 0 saturated carbocycles. The predicted molar refractivity (Wildman–Crippen MR) is 119 cm³/mol. The molecule has 6 nitrogen and oxygen atoms in total. The van der Waals surface area contributed by atoms with Crippen LogP contribution in [0.3, 0.4) is 0 Å². The van der Waals surface area contributed by atoms with Crippen LogP contribution in [0.1, 0.15) is 37.7 Å². The molecular weight excluding hydrogens is 380 g/mol. The summed E-state index contributed by atoms with van der Waals surface area (Å²) in [5, 5.41) is 3.14. The lowest BCUT2D eigenvalue weighted by Crippen LogP contribution is -2.59. The first kappa shape index (κ1) is 22.4. The van der Waals surface area contributed by atoms with E-state index in [2.05, 4.69) is 16.8 Å². The van der Waals surface area contributed by atoms with Crippen LogP contribution in [0.4, 0.5) is 0 Å². The monoisotopic (exact) mass is 414 g/mol. The van der Waals surface area contributed by atoms with Crippen molar-refractivity contribution in [3.63, 3.8) is 0 Å². The van der Waals surface area contributed by atoms with Crippen molar-refractivity contribution < 1.29 is 19.0 Å². The maximum absolute atomic E-state index is 12.5. The van der Waals surface area contributed by atoms with Gasteiger partial charge in [0.25, 0.3) is 0 Å². The Morgan fingerprint density at radius 2 is 2.00 bits per heavy atom. The maximum Gasteiger partial charge on any atom is 0.244 e. The molecule has 2 aliphatic rings. The number of carbonyl (C=O) groups excluding carboxylic acids is 1. The molecule has 1 aromatic rings. The average molecular weight is 415 g/mol. The van der Waals surface area contributed by atoms with E-state index in [0.29, 0.717) is 24.7 Å². The van der Waals surface area contributed by atoms with Gasteiger partial charge in [0.1, 0.15) is 6.61 Å². The molecule has 0 aliphatic carbocycles. The fraction of sp³-hybridized carbons (Fsp3) is 0.542. The Balaban J connectivity index is 1.59. The second-order valence-corrected chi connectivity index (χ2v) is 7.95. The lowest BCUT2D eigenvalue weighted by atomic mass is 9.86. The number of nitrogens with one attached hydrogen (secondary N) is 1. The van der Waals surface area contributed by atoms with E-state index in [1.54, 1.807) is 25.3 Å². The molecule has 3 rings (SSSR count). The second-order valence-electron chi connectivity index (χ2n) is 7.95. The molecule has 1 amide bonds. The molecule has 1 N–H and O–H groups in total. The molecule has 2 aliphatic heterocycles. The minimum atomic E-state index is -0.0798. The highest BCUT2D eigenvalue weighted by Crippen LogP contribution is 2.31. The van der Waals surface area contributed by atoms with Gasteiger partial charge < -0.3 is 19.5 Å². The molecular formula is C24H34N2O4. The van der Waals surface area contributed by atoms with E-state index in [0.717, 1.165) is 44.7 Å². The number of nitrogens with zero attached hydrogens (tertiary/aromatic N) is 1. The molecule has 0 aromatic heterocycles. The molecule has 6 heteroatoms. The van der Waals surface area contributed by atoms with Crippen molar-refractivity contribution in [1.82, 2.24) is 10.2 Å². The normalized spacial score (nSPS) is 19.4. The molecule has 2 saturated heterocycles. The van der Waals surface area contributed by atoms with E-state index in [4.69, 9.17) is 14.2 Å². The zero-order valence-electron chi connectivity index (χ0n) is 18.0. The van der Waals surface area contributed by atoms with Crippen LogP contribution in [0.25, 0.3) is 6.08 Å². The van der Waals surface area contributed by atoms with Gasteiger partial charge in [-0.05, 0) is 62.5 Å². The van der Waals surface area contributed by atoms with Crippen molar-refractivity contribution >= 4 is 12.0 Å². The van der Waals surface area contributed by atoms with Crippen LogP contribution in [-0.4, -0.2) is 62.9 Å². The molecule has 1 aromatic carbocycles. The smallest absolute Gasteiger partial charge is 0.244 e. The molecule has 30 heavy (non-hydrogen) atoms. The third-order valence-electron chi connectivity index (χ3n) is 6.01. The van der Waals surface area contributed by atoms with Gasteiger partial charge in [-0.15, -0.1) is 0 Å². The topological polar surface area (TPSA) is 60.0 Å². The summed E-state index contributed by atoms with van der Waals surface area (Å²) in [7, 11) is 1.60. The van der Waals surface area contributed by atoms with E-state index in [1.165, 1.54) is 19.3 Å². The highest BCUT2D eigenvalue weighted by molar-refractivity contribution is 5.91. The summed E-state index contributed by atoms with van der Waals surface area (Å²) in [6.45, 7) is 8.50. The zero-order chi connectivity index (χ0) is 21.2. The standard InChI is InChI=1S/C24H34N2O4/c1-3-15-30-21-9-7-20(18-22(21)28-2)8-10-23(27)25-19-24(11-16-29-17-12-24)26-13-5-4-6-14-26/h3,7-10,18H,1,4-6,11-17,19H2,2H3,(H,25,27). The summed E-state index contributed by atoms with van der Waals surface area (Å²) in [5.41, 5.74) is 0.903. The number of hydrogen-bond donors (Lipinski definition) is 1. The molecule has 0 bridgehead atoms. The van der Waals surface area contributed by atoms with Gasteiger partial charge in [0, 0.05) is 31.4 Å². The quantitative estimate of drug-likeness (QED) is 0.496. The Morgan fingerprint density at radius 3 is 2.70 bits per heavy atom. The van der Waals surface area contributed by atoms with Crippen molar-refractivity contribution in [2.75, 3.05) is 46.6 Å². The van der Waals surface area contributed by atoms with Crippen molar-refractivity contribution in [1.29, 1.82) is 0 Å². The average Bonchev–Trinajstić information content (AvgIpc) is 2.81. The highest BCUT2D eigenvalue weighted by atomic mass is 16.5. The molecule has 0 atom stereocenters. The summed E-state index contributed by atoms with van der Waals surface area (Å²) in [4.78, 5) is 15.1. The Morgan fingerprint density at radius 1 is 1.23 bits per heavy atom. The SMILES string of the molecule is C=CCOc1ccc(C=CC(=O)NCC2(N3CCCCC3)CCOCC2)cc1OC. The Kier molecular flexibility index (Phi) is 8.34. The van der Waals surface area contributed by atoms with Gasteiger partial charge in [0.15, 0.2) is 11.5 Å². The van der Waals surface area contributed by atoms with Gasteiger partial charge in [-0.3, -0.25) is 9.69 Å². The summed E-state index contributed by atoms with van der Waals surface area (Å²) < 4.78 is 16.6. The largest absolute Gasteiger partial charge is 0.493 e. The molecule has 2 fully saturated rings. The summed E-state index contributed by atoms with van der Waals surface area (Å²) in [5.74, 6) is 1.21. The van der Waals surface area contributed by atoms with E-state index in [-0.39, 0.29) is 11.4 Å². The van der Waals surface area contributed by atoms with Crippen molar-refractivity contribution in [3.8, 4) is 11.5 Å². The summed E-state index contributed by atoms with van der Waals surface area (Å²) >= 11 is 0. The molecule has 164 valence electrons. The lowest BCUT2D eigenvalue weighted by molar-refractivity contribution is -0.118. The third-order valence-corrected chi connectivity index (χ3v) is 6.01. The number of amides is 1. The van der Waals surface area contributed by atoms with Crippen molar-refractivity contribution in [2.45, 2.75) is 37.6 Å². The van der Waals surface area contributed by atoms with Gasteiger partial charge in [0.2, 0.25) is 5.91 Å². The third kappa shape index (κ3) is 5.86. The van der Waals surface area contributed by atoms with E-state index < -0.39 is 0 Å². The molecule has 0 unspecified atom stereocenters. The summed E-state index contributed by atoms with van der Waals surface area (Å²) in [6, 6.07) is 5.60. The number of likely N-dealkylation sites (tertiary alicyclic amines) is 1. The minimum Gasteiger partial charge on any atom is -0.493 e. The maximum atomic E-state index is 12.5. The van der Waals surface area contributed by atoms with Crippen LogP contribution in [0.2, 0.25) is 0 Å². The minimum absolute atomic E-state index is 0.0233.